The Bertz CT molecular complexity index is 758. The van der Waals surface area contributed by atoms with Crippen LogP contribution in [0.4, 0.5) is 0 Å². The molecule has 2 N–H and O–H groups in total. The molecule has 0 aromatic rings. The monoisotopic (exact) mass is 384 g/mol. The summed E-state index contributed by atoms with van der Waals surface area (Å²) in [5.41, 5.74) is 1.55. The number of allylic oxidation sites excluding steroid dienone is 1. The minimum Gasteiger partial charge on any atom is -0.461 e. The van der Waals surface area contributed by atoms with E-state index in [1.807, 2.05) is 18.7 Å². The summed E-state index contributed by atoms with van der Waals surface area (Å²) in [6.45, 7) is 7.70. The van der Waals surface area contributed by atoms with E-state index in [0.29, 0.717) is 5.76 Å². The molecule has 1 amide bonds. The number of carbonyl (C=O) groups excluding carboxylic acids is 1. The van der Waals surface area contributed by atoms with Crippen molar-refractivity contribution in [3.63, 3.8) is 0 Å². The van der Waals surface area contributed by atoms with Crippen LogP contribution in [-0.4, -0.2) is 48.2 Å². The number of nitrogens with zero attached hydrogens (tertiary/aromatic N) is 1. The molecule has 0 spiro atoms. The predicted molar refractivity (Wildman–Crippen MR) is 97.4 cm³/mol. The molecule has 2 atom stereocenters. The Kier molecular flexibility index (Phi) is 5.64. The summed E-state index contributed by atoms with van der Waals surface area (Å²) in [6.07, 6.45) is 4.70. The van der Waals surface area contributed by atoms with Crippen molar-refractivity contribution in [2.45, 2.75) is 57.9 Å². The van der Waals surface area contributed by atoms with Gasteiger partial charge in [-0.05, 0) is 39.0 Å². The number of sulfone groups is 1. The molecular formula is C18H28N2O5S. The molecule has 2 aliphatic rings. The van der Waals surface area contributed by atoms with Crippen molar-refractivity contribution in [3.8, 4) is 11.8 Å². The number of hydrogen-bond acceptors (Lipinski definition) is 6. The van der Waals surface area contributed by atoms with E-state index in [0.717, 1.165) is 19.1 Å². The highest BCUT2D eigenvalue weighted by molar-refractivity contribution is 7.92. The van der Waals surface area contributed by atoms with Gasteiger partial charge >= 0.3 is 0 Å². The number of hydrogen-bond donors (Lipinski definition) is 2. The third-order valence-electron chi connectivity index (χ3n) is 5.16. The molecule has 1 saturated carbocycles. The van der Waals surface area contributed by atoms with Gasteiger partial charge in [0.15, 0.2) is 26.6 Å². The standard InChI is InChI=1S/C18H28N2O5S/c1-13(2)15-20(12-14(25-15)6-7-17(3)8-9-17)11-10-18(4,16(21)19-22)26(5,23)24/h12-13,15,22H,8-11H2,1-5H3,(H,19,21). The van der Waals surface area contributed by atoms with Crippen LogP contribution >= 0.6 is 0 Å². The Morgan fingerprint density at radius 3 is 2.62 bits per heavy atom. The molecule has 7 nitrogen and oxygen atoms in total. The normalized spacial score (nSPS) is 23.4. The average Bonchev–Trinajstić information content (AvgIpc) is 3.14. The van der Waals surface area contributed by atoms with Gasteiger partial charge in [0.2, 0.25) is 0 Å². The topological polar surface area (TPSA) is 95.9 Å². The van der Waals surface area contributed by atoms with E-state index in [1.165, 1.54) is 12.4 Å². The Labute approximate surface area is 155 Å². The first-order chi connectivity index (χ1) is 11.9. The van der Waals surface area contributed by atoms with E-state index in [9.17, 15) is 13.2 Å². The van der Waals surface area contributed by atoms with Crippen LogP contribution in [0.5, 0.6) is 0 Å². The molecular weight excluding hydrogens is 356 g/mol. The maximum absolute atomic E-state index is 12.1. The van der Waals surface area contributed by atoms with Crippen LogP contribution in [-0.2, 0) is 19.4 Å². The van der Waals surface area contributed by atoms with Crippen molar-refractivity contribution in [3.05, 3.63) is 12.0 Å². The van der Waals surface area contributed by atoms with E-state index >= 15 is 0 Å². The van der Waals surface area contributed by atoms with Crippen LogP contribution < -0.4 is 5.48 Å². The van der Waals surface area contributed by atoms with Crippen molar-refractivity contribution in [2.24, 2.45) is 11.3 Å². The van der Waals surface area contributed by atoms with Gasteiger partial charge < -0.3 is 9.64 Å². The molecule has 8 heteroatoms. The van der Waals surface area contributed by atoms with E-state index in [4.69, 9.17) is 9.94 Å². The van der Waals surface area contributed by atoms with E-state index < -0.39 is 20.5 Å². The molecule has 0 bridgehead atoms. The molecule has 1 fully saturated rings. The number of nitrogens with one attached hydrogen (secondary N) is 1. The highest BCUT2D eigenvalue weighted by Crippen LogP contribution is 2.44. The van der Waals surface area contributed by atoms with E-state index in [-0.39, 0.29) is 30.5 Å². The molecule has 1 heterocycles. The van der Waals surface area contributed by atoms with Crippen molar-refractivity contribution in [2.75, 3.05) is 12.8 Å². The zero-order valence-corrected chi connectivity index (χ0v) is 16.8. The second-order valence-corrected chi connectivity index (χ2v) is 10.4. The van der Waals surface area contributed by atoms with E-state index in [1.54, 1.807) is 6.20 Å². The van der Waals surface area contributed by atoms with Crippen molar-refractivity contribution in [1.29, 1.82) is 0 Å². The second-order valence-electron chi connectivity index (χ2n) is 7.99. The zero-order valence-electron chi connectivity index (χ0n) is 16.0. The average molecular weight is 384 g/mol. The minimum atomic E-state index is -3.73. The van der Waals surface area contributed by atoms with Crippen LogP contribution in [0.15, 0.2) is 12.0 Å². The first-order valence-corrected chi connectivity index (χ1v) is 10.6. The molecule has 146 valence electrons. The van der Waals surface area contributed by atoms with Gasteiger partial charge in [-0.2, -0.15) is 0 Å². The summed E-state index contributed by atoms with van der Waals surface area (Å²) in [5, 5.41) is 8.93. The first-order valence-electron chi connectivity index (χ1n) is 8.73. The Morgan fingerprint density at radius 2 is 2.15 bits per heavy atom. The molecule has 1 aliphatic heterocycles. The number of hydroxylamine groups is 1. The molecule has 1 aliphatic carbocycles. The predicted octanol–water partition coefficient (Wildman–Crippen LogP) is 1.64. The summed E-state index contributed by atoms with van der Waals surface area (Å²) in [4.78, 5) is 13.8. The third-order valence-corrected chi connectivity index (χ3v) is 7.19. The van der Waals surface area contributed by atoms with Gasteiger partial charge in [0.05, 0.1) is 6.20 Å². The fraction of sp³-hybridized carbons (Fsp3) is 0.722. The smallest absolute Gasteiger partial charge is 0.264 e. The lowest BCUT2D eigenvalue weighted by Gasteiger charge is -2.31. The molecule has 0 aromatic heterocycles. The van der Waals surface area contributed by atoms with Gasteiger partial charge in [-0.3, -0.25) is 10.0 Å². The lowest BCUT2D eigenvalue weighted by molar-refractivity contribution is -0.131. The van der Waals surface area contributed by atoms with Crippen LogP contribution in [0.1, 0.15) is 47.0 Å². The molecule has 2 rings (SSSR count). The summed E-state index contributed by atoms with van der Waals surface area (Å²) >= 11 is 0. The van der Waals surface area contributed by atoms with Crippen molar-refractivity contribution in [1.82, 2.24) is 10.4 Å². The minimum absolute atomic E-state index is 0.0136. The van der Waals surface area contributed by atoms with Crippen molar-refractivity contribution < 1.29 is 23.2 Å². The Balaban J connectivity index is 2.17. The second kappa shape index (κ2) is 7.12. The Hall–Kier alpha value is -1.72. The lowest BCUT2D eigenvalue weighted by atomic mass is 10.1. The quantitative estimate of drug-likeness (QED) is 0.411. The van der Waals surface area contributed by atoms with Crippen LogP contribution in [0.3, 0.4) is 0 Å². The molecule has 0 saturated heterocycles. The maximum Gasteiger partial charge on any atom is 0.264 e. The van der Waals surface area contributed by atoms with Crippen LogP contribution in [0.25, 0.3) is 0 Å². The number of rotatable bonds is 6. The summed E-state index contributed by atoms with van der Waals surface area (Å²) in [7, 11) is -3.73. The van der Waals surface area contributed by atoms with Crippen LogP contribution in [0.2, 0.25) is 0 Å². The fourth-order valence-electron chi connectivity index (χ4n) is 2.68. The Morgan fingerprint density at radius 1 is 1.54 bits per heavy atom. The van der Waals surface area contributed by atoms with Gasteiger partial charge in [-0.25, -0.2) is 13.9 Å². The van der Waals surface area contributed by atoms with Gasteiger partial charge in [0, 0.05) is 24.1 Å². The molecule has 0 aromatic carbocycles. The molecule has 26 heavy (non-hydrogen) atoms. The van der Waals surface area contributed by atoms with E-state index in [2.05, 4.69) is 18.8 Å². The first kappa shape index (κ1) is 20.6. The zero-order chi connectivity index (χ0) is 19.8. The largest absolute Gasteiger partial charge is 0.461 e. The summed E-state index contributed by atoms with van der Waals surface area (Å²) < 4.78 is 28.4. The number of carbonyl (C=O) groups is 1. The fourth-order valence-corrected chi connectivity index (χ4v) is 3.52. The SMILES string of the molecule is CC(C)C1OC(C#CC2(C)CC2)=CN1CCC(C)(C(=O)NO)S(C)(=O)=O. The van der Waals surface area contributed by atoms with Gasteiger partial charge in [-0.1, -0.05) is 19.8 Å². The number of amides is 1. The lowest BCUT2D eigenvalue weighted by Crippen LogP contribution is -2.51. The molecule has 0 radical (unpaired) electrons. The maximum atomic E-state index is 12.1. The third kappa shape index (κ3) is 4.33. The van der Waals surface area contributed by atoms with Crippen molar-refractivity contribution >= 4 is 15.7 Å². The van der Waals surface area contributed by atoms with Gasteiger partial charge in [0.25, 0.3) is 5.91 Å². The summed E-state index contributed by atoms with van der Waals surface area (Å²) in [5.74, 6) is 6.06. The van der Waals surface area contributed by atoms with Gasteiger partial charge in [0.1, 0.15) is 0 Å². The van der Waals surface area contributed by atoms with Gasteiger partial charge in [-0.15, -0.1) is 0 Å². The highest BCUT2D eigenvalue weighted by atomic mass is 32.2. The van der Waals surface area contributed by atoms with Crippen LogP contribution in [0, 0.1) is 23.2 Å². The highest BCUT2D eigenvalue weighted by Gasteiger charge is 2.44. The molecule has 2 unspecified atom stereocenters. The summed E-state index contributed by atoms with van der Waals surface area (Å²) in [6, 6.07) is 0. The number of ether oxygens (including phenoxy) is 1.